The van der Waals surface area contributed by atoms with Gasteiger partial charge in [0, 0.05) is 30.1 Å². The van der Waals surface area contributed by atoms with Crippen molar-refractivity contribution in [2.45, 2.75) is 70.1 Å². The molecule has 2 aromatic rings. The number of guanidine groups is 1. The van der Waals surface area contributed by atoms with E-state index < -0.39 is 60.2 Å². The van der Waals surface area contributed by atoms with Crippen molar-refractivity contribution in [2.75, 3.05) is 6.54 Å². The van der Waals surface area contributed by atoms with E-state index in [1.807, 2.05) is 24.3 Å². The van der Waals surface area contributed by atoms with Gasteiger partial charge in [-0.05, 0) is 30.4 Å². The summed E-state index contributed by atoms with van der Waals surface area (Å²) in [7, 11) is 0. The second-order valence-corrected chi connectivity index (χ2v) is 10.1. The molecule has 0 spiro atoms. The van der Waals surface area contributed by atoms with Crippen LogP contribution >= 0.6 is 0 Å². The Morgan fingerprint density at radius 3 is 2.24 bits per heavy atom. The number of aliphatic imine (C=N–C) groups is 1. The molecule has 0 saturated carbocycles. The molecule has 42 heavy (non-hydrogen) atoms. The van der Waals surface area contributed by atoms with E-state index in [4.69, 9.17) is 22.9 Å². The summed E-state index contributed by atoms with van der Waals surface area (Å²) in [6, 6.07) is 2.47. The Hall–Kier alpha value is -4.66. The zero-order valence-corrected chi connectivity index (χ0v) is 23.8. The number of hydrogen-bond donors (Lipinski definition) is 9. The van der Waals surface area contributed by atoms with Gasteiger partial charge in [-0.2, -0.15) is 0 Å². The highest BCUT2D eigenvalue weighted by molar-refractivity contribution is 5.95. The molecular formula is C27H41N9O6. The fourth-order valence-corrected chi connectivity index (χ4v) is 4.30. The zero-order chi connectivity index (χ0) is 31.4. The van der Waals surface area contributed by atoms with Crippen LogP contribution in [0, 0.1) is 5.92 Å². The smallest absolute Gasteiger partial charge is 0.326 e. The first-order valence-electron chi connectivity index (χ1n) is 13.6. The first-order valence-corrected chi connectivity index (χ1v) is 13.6. The molecule has 0 saturated heterocycles. The molecule has 1 aromatic carbocycles. The zero-order valence-electron chi connectivity index (χ0n) is 23.8. The van der Waals surface area contributed by atoms with Gasteiger partial charge in [-0.1, -0.05) is 38.5 Å². The largest absolute Gasteiger partial charge is 0.480 e. The molecule has 15 nitrogen and oxygen atoms in total. The van der Waals surface area contributed by atoms with Gasteiger partial charge in [0.25, 0.3) is 0 Å². The van der Waals surface area contributed by atoms with E-state index in [1.54, 1.807) is 20.0 Å². The van der Waals surface area contributed by atoms with E-state index in [-0.39, 0.29) is 37.7 Å². The van der Waals surface area contributed by atoms with E-state index in [2.05, 4.69) is 25.9 Å². The van der Waals surface area contributed by atoms with Crippen molar-refractivity contribution in [3.63, 3.8) is 0 Å². The molecule has 0 aliphatic heterocycles. The number of aromatic amines is 1. The van der Waals surface area contributed by atoms with Crippen molar-refractivity contribution in [3.8, 4) is 0 Å². The van der Waals surface area contributed by atoms with Crippen LogP contribution in [-0.4, -0.2) is 76.4 Å². The Labute approximate surface area is 243 Å². The summed E-state index contributed by atoms with van der Waals surface area (Å²) >= 11 is 0. The number of carbonyl (C=O) groups excluding carboxylic acids is 4. The number of hydrogen-bond acceptors (Lipinski definition) is 7. The molecule has 0 fully saturated rings. The normalized spacial score (nSPS) is 14.5. The number of aromatic nitrogens is 1. The topological polar surface area (TPSA) is 274 Å². The maximum Gasteiger partial charge on any atom is 0.326 e. The molecule has 13 N–H and O–H groups in total. The minimum atomic E-state index is -1.30. The molecule has 0 aliphatic carbocycles. The number of para-hydroxylation sites is 1. The number of fused-ring (bicyclic) bond motifs is 1. The van der Waals surface area contributed by atoms with E-state index in [9.17, 15) is 29.1 Å². The SMILES string of the molecule is CCC(C)C(NC(=O)C(CCCN=C(N)N)NC(=O)C(Cc1c[nH]c2ccccc12)NC(=O)C(N)CC(N)=O)C(=O)O. The summed E-state index contributed by atoms with van der Waals surface area (Å²) in [5.41, 5.74) is 23.2. The standard InChI is InChI=1S/C27H41N9O6/c1-3-14(2)22(26(41)42)36-24(39)19(9-6-10-32-27(30)31)34-25(40)20(35-23(38)17(28)12-21(29)37)11-15-13-33-18-8-5-4-7-16(15)18/h4-5,7-8,13-14,17,19-20,22,33H,3,6,9-12,28H2,1-2H3,(H2,29,37)(H,34,40)(H,35,38)(H,36,39)(H,41,42)(H4,30,31,32). The number of rotatable bonds is 17. The van der Waals surface area contributed by atoms with Gasteiger partial charge in [0.05, 0.1) is 12.5 Å². The Bertz CT molecular complexity index is 1290. The van der Waals surface area contributed by atoms with Gasteiger partial charge in [0.15, 0.2) is 5.96 Å². The fourth-order valence-electron chi connectivity index (χ4n) is 4.30. The summed E-state index contributed by atoms with van der Waals surface area (Å²) < 4.78 is 0. The molecule has 15 heteroatoms. The van der Waals surface area contributed by atoms with Gasteiger partial charge in [-0.15, -0.1) is 0 Å². The van der Waals surface area contributed by atoms with Gasteiger partial charge < -0.3 is 49.0 Å². The number of nitrogens with two attached hydrogens (primary N) is 4. The second-order valence-electron chi connectivity index (χ2n) is 10.1. The minimum Gasteiger partial charge on any atom is -0.480 e. The lowest BCUT2D eigenvalue weighted by Crippen LogP contribution is -2.58. The number of benzene rings is 1. The Morgan fingerprint density at radius 2 is 1.62 bits per heavy atom. The molecule has 230 valence electrons. The van der Waals surface area contributed by atoms with E-state index in [0.29, 0.717) is 12.0 Å². The first-order chi connectivity index (χ1) is 19.8. The number of aliphatic carboxylic acids is 1. The van der Waals surface area contributed by atoms with E-state index >= 15 is 0 Å². The number of amides is 4. The van der Waals surface area contributed by atoms with E-state index in [0.717, 1.165) is 10.9 Å². The molecule has 1 aromatic heterocycles. The Kier molecular flexibility index (Phi) is 12.7. The van der Waals surface area contributed by atoms with Crippen molar-refractivity contribution in [2.24, 2.45) is 33.8 Å². The highest BCUT2D eigenvalue weighted by atomic mass is 16.4. The first kappa shape index (κ1) is 33.5. The highest BCUT2D eigenvalue weighted by Crippen LogP contribution is 2.19. The lowest BCUT2D eigenvalue weighted by molar-refractivity contribution is -0.144. The van der Waals surface area contributed by atoms with Crippen LogP contribution in [-0.2, 0) is 30.4 Å². The van der Waals surface area contributed by atoms with Crippen LogP contribution in [0.25, 0.3) is 10.9 Å². The molecule has 2 rings (SSSR count). The number of nitrogens with one attached hydrogen (secondary N) is 4. The number of primary amides is 1. The number of carboxylic acids is 1. The fraction of sp³-hybridized carbons (Fsp3) is 0.481. The molecule has 0 aliphatic rings. The van der Waals surface area contributed by atoms with Crippen molar-refractivity contribution in [1.29, 1.82) is 0 Å². The summed E-state index contributed by atoms with van der Waals surface area (Å²) in [5, 5.41) is 18.2. The molecule has 1 heterocycles. The number of carboxylic acid groups (broad SMARTS) is 1. The van der Waals surface area contributed by atoms with Crippen LogP contribution in [0.3, 0.4) is 0 Å². The summed E-state index contributed by atoms with van der Waals surface area (Å²) in [6.45, 7) is 3.64. The molecule has 5 unspecified atom stereocenters. The van der Waals surface area contributed by atoms with Gasteiger partial charge in [0.2, 0.25) is 23.6 Å². The van der Waals surface area contributed by atoms with Crippen LogP contribution in [0.4, 0.5) is 0 Å². The number of nitrogens with zero attached hydrogens (tertiary/aromatic N) is 1. The minimum absolute atomic E-state index is 0.0117. The number of carbonyl (C=O) groups is 5. The summed E-state index contributed by atoms with van der Waals surface area (Å²) in [6.07, 6.45) is 2.11. The molecule has 0 bridgehead atoms. The van der Waals surface area contributed by atoms with Crippen LogP contribution in [0.15, 0.2) is 35.5 Å². The molecule has 4 amide bonds. The van der Waals surface area contributed by atoms with Crippen LogP contribution in [0.5, 0.6) is 0 Å². The van der Waals surface area contributed by atoms with Gasteiger partial charge >= 0.3 is 5.97 Å². The second kappa shape index (κ2) is 16.0. The lowest BCUT2D eigenvalue weighted by atomic mass is 9.98. The van der Waals surface area contributed by atoms with E-state index in [1.165, 1.54) is 0 Å². The van der Waals surface area contributed by atoms with Crippen molar-refractivity contribution < 1.29 is 29.1 Å². The maximum atomic E-state index is 13.6. The third-order valence-electron chi connectivity index (χ3n) is 6.84. The summed E-state index contributed by atoms with van der Waals surface area (Å²) in [4.78, 5) is 69.8. The van der Waals surface area contributed by atoms with Gasteiger partial charge in [0.1, 0.15) is 18.1 Å². The number of H-pyrrole nitrogens is 1. The van der Waals surface area contributed by atoms with Crippen LogP contribution in [0.1, 0.15) is 45.1 Å². The third kappa shape index (κ3) is 10.1. The summed E-state index contributed by atoms with van der Waals surface area (Å²) in [5.74, 6) is -4.76. The molecular weight excluding hydrogens is 546 g/mol. The predicted molar refractivity (Wildman–Crippen MR) is 157 cm³/mol. The van der Waals surface area contributed by atoms with Crippen molar-refractivity contribution >= 4 is 46.5 Å². The molecule has 5 atom stereocenters. The highest BCUT2D eigenvalue weighted by Gasteiger charge is 2.32. The van der Waals surface area contributed by atoms with Crippen LogP contribution in [0.2, 0.25) is 0 Å². The lowest BCUT2D eigenvalue weighted by Gasteiger charge is -2.26. The third-order valence-corrected chi connectivity index (χ3v) is 6.84. The Balaban J connectivity index is 2.34. The van der Waals surface area contributed by atoms with Crippen molar-refractivity contribution in [3.05, 3.63) is 36.0 Å². The monoisotopic (exact) mass is 587 g/mol. The maximum absolute atomic E-state index is 13.6. The predicted octanol–water partition coefficient (Wildman–Crippen LogP) is -1.45. The average Bonchev–Trinajstić information content (AvgIpc) is 3.34. The van der Waals surface area contributed by atoms with Crippen molar-refractivity contribution in [1.82, 2.24) is 20.9 Å². The van der Waals surface area contributed by atoms with Gasteiger partial charge in [-0.3, -0.25) is 24.2 Å². The van der Waals surface area contributed by atoms with Crippen LogP contribution < -0.4 is 38.9 Å². The quantitative estimate of drug-likeness (QED) is 0.0594. The Morgan fingerprint density at radius 1 is 0.976 bits per heavy atom. The average molecular weight is 588 g/mol. The van der Waals surface area contributed by atoms with Gasteiger partial charge in [-0.25, -0.2) is 4.79 Å². The molecule has 0 radical (unpaired) electrons.